The predicted octanol–water partition coefficient (Wildman–Crippen LogP) is 4.00. The van der Waals surface area contributed by atoms with Gasteiger partial charge in [0.15, 0.2) is 0 Å². The number of hydrogen-bond donors (Lipinski definition) is 1. The molecule has 0 bridgehead atoms. The van der Waals surface area contributed by atoms with Gasteiger partial charge in [0.25, 0.3) is 0 Å². The highest BCUT2D eigenvalue weighted by Crippen LogP contribution is 2.21. The molecule has 0 aliphatic rings. The number of rotatable bonds is 7. The number of hydrogen-bond acceptors (Lipinski definition) is 2. The molecule has 2 heteroatoms. The number of anilines is 1. The molecule has 1 N–H and O–H groups in total. The van der Waals surface area contributed by atoms with Crippen molar-refractivity contribution in [2.24, 2.45) is 0 Å². The zero-order valence-corrected chi connectivity index (χ0v) is 10.7. The highest BCUT2D eigenvalue weighted by Gasteiger charge is 1.98. The summed E-state index contributed by atoms with van der Waals surface area (Å²) in [6.45, 7) is 5.37. The van der Waals surface area contributed by atoms with E-state index in [0.717, 1.165) is 12.3 Å². The fraction of sp³-hybridized carbons (Fsp3) is 0.571. The van der Waals surface area contributed by atoms with Crippen molar-refractivity contribution in [3.05, 3.63) is 23.8 Å². The molecule has 1 rings (SSSR count). The Morgan fingerprint density at radius 1 is 1.19 bits per heavy atom. The maximum Gasteiger partial charge on any atom is 0.121 e. The first-order valence-corrected chi connectivity index (χ1v) is 6.16. The van der Waals surface area contributed by atoms with Crippen LogP contribution in [0.2, 0.25) is 0 Å². The largest absolute Gasteiger partial charge is 0.496 e. The zero-order chi connectivity index (χ0) is 11.8. The normalized spacial score (nSPS) is 10.2. The van der Waals surface area contributed by atoms with Crippen LogP contribution in [0.5, 0.6) is 5.75 Å². The Labute approximate surface area is 99.0 Å². The monoisotopic (exact) mass is 221 g/mol. The third-order valence-corrected chi connectivity index (χ3v) is 2.75. The van der Waals surface area contributed by atoms with E-state index in [4.69, 9.17) is 4.74 Å². The van der Waals surface area contributed by atoms with Crippen LogP contribution in [0.25, 0.3) is 0 Å². The second-order valence-corrected chi connectivity index (χ2v) is 4.17. The van der Waals surface area contributed by atoms with Crippen molar-refractivity contribution in [1.82, 2.24) is 0 Å². The van der Waals surface area contributed by atoms with Crippen LogP contribution in [0.3, 0.4) is 0 Å². The molecule has 1 aromatic rings. The smallest absolute Gasteiger partial charge is 0.121 e. The lowest BCUT2D eigenvalue weighted by atomic mass is 10.2. The minimum atomic E-state index is 0.955. The SMILES string of the molecule is CCCCCCNc1ccc(OC)c(C)c1. The fourth-order valence-corrected chi connectivity index (χ4v) is 1.77. The highest BCUT2D eigenvalue weighted by atomic mass is 16.5. The van der Waals surface area contributed by atoms with Crippen LogP contribution in [0, 0.1) is 6.92 Å². The van der Waals surface area contributed by atoms with E-state index < -0.39 is 0 Å². The maximum atomic E-state index is 5.23. The topological polar surface area (TPSA) is 21.3 Å². The van der Waals surface area contributed by atoms with Crippen molar-refractivity contribution in [2.75, 3.05) is 19.0 Å². The molecular weight excluding hydrogens is 198 g/mol. The molecule has 0 aliphatic heterocycles. The number of unbranched alkanes of at least 4 members (excludes halogenated alkanes) is 3. The van der Waals surface area contributed by atoms with Gasteiger partial charge in [-0.15, -0.1) is 0 Å². The third-order valence-electron chi connectivity index (χ3n) is 2.75. The molecule has 0 unspecified atom stereocenters. The Balaban J connectivity index is 2.34. The molecule has 0 aromatic heterocycles. The number of ether oxygens (including phenoxy) is 1. The molecule has 0 heterocycles. The average molecular weight is 221 g/mol. The summed E-state index contributed by atoms with van der Waals surface area (Å²) < 4.78 is 5.23. The summed E-state index contributed by atoms with van der Waals surface area (Å²) >= 11 is 0. The van der Waals surface area contributed by atoms with Crippen molar-refractivity contribution in [1.29, 1.82) is 0 Å². The molecule has 0 spiro atoms. The van der Waals surface area contributed by atoms with Crippen molar-refractivity contribution < 1.29 is 4.74 Å². The van der Waals surface area contributed by atoms with Crippen molar-refractivity contribution in [2.45, 2.75) is 39.5 Å². The quantitative estimate of drug-likeness (QED) is 0.703. The summed E-state index contributed by atoms with van der Waals surface area (Å²) in [5.74, 6) is 0.955. The first-order chi connectivity index (χ1) is 7.77. The lowest BCUT2D eigenvalue weighted by molar-refractivity contribution is 0.412. The molecule has 0 atom stereocenters. The second-order valence-electron chi connectivity index (χ2n) is 4.17. The van der Waals surface area contributed by atoms with E-state index in [0.29, 0.717) is 0 Å². The van der Waals surface area contributed by atoms with Gasteiger partial charge in [0, 0.05) is 12.2 Å². The Morgan fingerprint density at radius 2 is 2.00 bits per heavy atom. The number of methoxy groups -OCH3 is 1. The van der Waals surface area contributed by atoms with Crippen LogP contribution in [-0.2, 0) is 0 Å². The lowest BCUT2D eigenvalue weighted by Gasteiger charge is -2.09. The van der Waals surface area contributed by atoms with Crippen LogP contribution in [-0.4, -0.2) is 13.7 Å². The molecule has 2 nitrogen and oxygen atoms in total. The Morgan fingerprint density at radius 3 is 2.62 bits per heavy atom. The summed E-state index contributed by atoms with van der Waals surface area (Å²) in [5, 5.41) is 3.44. The van der Waals surface area contributed by atoms with E-state index in [1.807, 2.05) is 6.07 Å². The first-order valence-electron chi connectivity index (χ1n) is 6.16. The van der Waals surface area contributed by atoms with Crippen molar-refractivity contribution in [3.63, 3.8) is 0 Å². The van der Waals surface area contributed by atoms with Crippen LogP contribution in [0.15, 0.2) is 18.2 Å². The standard InChI is InChI=1S/C14H23NO/c1-4-5-6-7-10-15-13-8-9-14(16-3)12(2)11-13/h8-9,11,15H,4-7,10H2,1-3H3. The molecule has 0 amide bonds. The van der Waals surface area contributed by atoms with E-state index in [1.165, 1.54) is 36.9 Å². The molecule has 1 aromatic carbocycles. The van der Waals surface area contributed by atoms with Gasteiger partial charge in [-0.1, -0.05) is 26.2 Å². The minimum Gasteiger partial charge on any atom is -0.496 e. The number of nitrogens with one attached hydrogen (secondary N) is 1. The molecule has 0 fully saturated rings. The minimum absolute atomic E-state index is 0.955. The molecule has 16 heavy (non-hydrogen) atoms. The van der Waals surface area contributed by atoms with E-state index in [-0.39, 0.29) is 0 Å². The zero-order valence-electron chi connectivity index (χ0n) is 10.7. The van der Waals surface area contributed by atoms with Gasteiger partial charge >= 0.3 is 0 Å². The van der Waals surface area contributed by atoms with Gasteiger partial charge in [-0.25, -0.2) is 0 Å². The Kier molecular flexibility index (Phi) is 5.76. The number of benzene rings is 1. The van der Waals surface area contributed by atoms with Gasteiger partial charge in [-0.2, -0.15) is 0 Å². The van der Waals surface area contributed by atoms with E-state index in [1.54, 1.807) is 7.11 Å². The summed E-state index contributed by atoms with van der Waals surface area (Å²) in [5.41, 5.74) is 2.37. The summed E-state index contributed by atoms with van der Waals surface area (Å²) in [7, 11) is 1.71. The van der Waals surface area contributed by atoms with Gasteiger partial charge in [0.05, 0.1) is 7.11 Å². The summed E-state index contributed by atoms with van der Waals surface area (Å²) in [6.07, 6.45) is 5.20. The van der Waals surface area contributed by atoms with Gasteiger partial charge < -0.3 is 10.1 Å². The van der Waals surface area contributed by atoms with Gasteiger partial charge in [-0.05, 0) is 37.1 Å². The van der Waals surface area contributed by atoms with E-state index >= 15 is 0 Å². The van der Waals surface area contributed by atoms with Crippen LogP contribution < -0.4 is 10.1 Å². The molecule has 0 radical (unpaired) electrons. The van der Waals surface area contributed by atoms with Crippen LogP contribution in [0.1, 0.15) is 38.2 Å². The maximum absolute atomic E-state index is 5.23. The summed E-state index contributed by atoms with van der Waals surface area (Å²) in [4.78, 5) is 0. The van der Waals surface area contributed by atoms with Crippen molar-refractivity contribution in [3.8, 4) is 5.75 Å². The van der Waals surface area contributed by atoms with Crippen LogP contribution >= 0.6 is 0 Å². The first kappa shape index (κ1) is 12.9. The van der Waals surface area contributed by atoms with Crippen molar-refractivity contribution >= 4 is 5.69 Å². The Bertz CT molecular complexity index is 310. The number of aryl methyl sites for hydroxylation is 1. The average Bonchev–Trinajstić information content (AvgIpc) is 2.29. The molecular formula is C14H23NO. The highest BCUT2D eigenvalue weighted by molar-refractivity contribution is 5.50. The fourth-order valence-electron chi connectivity index (χ4n) is 1.77. The lowest BCUT2D eigenvalue weighted by Crippen LogP contribution is -2.01. The van der Waals surface area contributed by atoms with Gasteiger partial charge in [0.1, 0.15) is 5.75 Å². The molecule has 0 saturated carbocycles. The van der Waals surface area contributed by atoms with E-state index in [9.17, 15) is 0 Å². The van der Waals surface area contributed by atoms with Gasteiger partial charge in [0.2, 0.25) is 0 Å². The summed E-state index contributed by atoms with van der Waals surface area (Å²) in [6, 6.07) is 6.23. The Hall–Kier alpha value is -1.18. The van der Waals surface area contributed by atoms with Gasteiger partial charge in [-0.3, -0.25) is 0 Å². The predicted molar refractivity (Wildman–Crippen MR) is 70.4 cm³/mol. The second kappa shape index (κ2) is 7.15. The van der Waals surface area contributed by atoms with Crippen LogP contribution in [0.4, 0.5) is 5.69 Å². The van der Waals surface area contributed by atoms with E-state index in [2.05, 4.69) is 31.3 Å². The third kappa shape index (κ3) is 4.13. The molecule has 90 valence electrons. The molecule has 0 aliphatic carbocycles. The molecule has 0 saturated heterocycles.